The first-order valence-corrected chi connectivity index (χ1v) is 6.45. The van der Waals surface area contributed by atoms with Gasteiger partial charge in [-0.1, -0.05) is 12.8 Å². The number of carbonyl (C=O) groups excluding carboxylic acids is 1. The maximum absolute atomic E-state index is 12.0. The molecule has 2 amide bonds. The summed E-state index contributed by atoms with van der Waals surface area (Å²) in [4.78, 5) is 24.5. The van der Waals surface area contributed by atoms with Gasteiger partial charge in [0.2, 0.25) is 0 Å². The Labute approximate surface area is 112 Å². The number of benzene rings is 1. The van der Waals surface area contributed by atoms with Crippen LogP contribution in [0.5, 0.6) is 0 Å². The summed E-state index contributed by atoms with van der Waals surface area (Å²) in [6, 6.07) is 6.34. The van der Waals surface area contributed by atoms with Crippen LogP contribution in [0.3, 0.4) is 0 Å². The van der Waals surface area contributed by atoms with Gasteiger partial charge in [0.05, 0.1) is 5.56 Å². The van der Waals surface area contributed by atoms with E-state index in [0.29, 0.717) is 11.7 Å². The van der Waals surface area contributed by atoms with E-state index in [4.69, 9.17) is 5.11 Å². The van der Waals surface area contributed by atoms with E-state index in [9.17, 15) is 9.59 Å². The third-order valence-corrected chi connectivity index (χ3v) is 3.58. The van der Waals surface area contributed by atoms with Crippen LogP contribution in [-0.4, -0.2) is 35.1 Å². The van der Waals surface area contributed by atoms with Crippen molar-refractivity contribution in [1.82, 2.24) is 4.90 Å². The molecule has 0 radical (unpaired) electrons. The van der Waals surface area contributed by atoms with Crippen LogP contribution < -0.4 is 5.32 Å². The van der Waals surface area contributed by atoms with Crippen molar-refractivity contribution in [2.45, 2.75) is 31.7 Å². The Bertz CT molecular complexity index is 464. The Kier molecular flexibility index (Phi) is 4.04. The van der Waals surface area contributed by atoms with Crippen LogP contribution in [0.25, 0.3) is 0 Å². The molecule has 0 aromatic heterocycles. The molecule has 0 aliphatic heterocycles. The van der Waals surface area contributed by atoms with E-state index >= 15 is 0 Å². The molecule has 102 valence electrons. The van der Waals surface area contributed by atoms with Gasteiger partial charge < -0.3 is 15.3 Å². The predicted molar refractivity (Wildman–Crippen MR) is 72.4 cm³/mol. The fraction of sp³-hybridized carbons (Fsp3) is 0.429. The largest absolute Gasteiger partial charge is 0.478 e. The van der Waals surface area contributed by atoms with Crippen LogP contribution >= 0.6 is 0 Å². The maximum Gasteiger partial charge on any atom is 0.335 e. The highest BCUT2D eigenvalue weighted by Crippen LogP contribution is 2.23. The molecule has 0 spiro atoms. The first kappa shape index (κ1) is 13.4. The number of carbonyl (C=O) groups is 2. The predicted octanol–water partition coefficient (Wildman–Crippen LogP) is 2.79. The average molecular weight is 262 g/mol. The number of nitrogens with one attached hydrogen (secondary N) is 1. The number of nitrogens with zero attached hydrogens (tertiary/aromatic N) is 1. The van der Waals surface area contributed by atoms with Crippen molar-refractivity contribution >= 4 is 17.7 Å². The van der Waals surface area contributed by atoms with Gasteiger partial charge in [0.25, 0.3) is 0 Å². The van der Waals surface area contributed by atoms with E-state index in [1.165, 1.54) is 25.0 Å². The molecule has 19 heavy (non-hydrogen) atoms. The molecule has 0 saturated heterocycles. The Balaban J connectivity index is 1.96. The smallest absolute Gasteiger partial charge is 0.335 e. The molecular weight excluding hydrogens is 244 g/mol. The number of carboxylic acids is 1. The number of carboxylic acid groups (broad SMARTS) is 1. The van der Waals surface area contributed by atoms with Gasteiger partial charge in [-0.25, -0.2) is 9.59 Å². The van der Waals surface area contributed by atoms with E-state index in [2.05, 4.69) is 5.32 Å². The Morgan fingerprint density at radius 2 is 1.79 bits per heavy atom. The Morgan fingerprint density at radius 1 is 1.21 bits per heavy atom. The van der Waals surface area contributed by atoms with Gasteiger partial charge in [-0.05, 0) is 37.1 Å². The average Bonchev–Trinajstić information content (AvgIpc) is 2.92. The fourth-order valence-corrected chi connectivity index (χ4v) is 2.37. The van der Waals surface area contributed by atoms with Crippen LogP contribution in [0.4, 0.5) is 10.5 Å². The third-order valence-electron chi connectivity index (χ3n) is 3.58. The van der Waals surface area contributed by atoms with Crippen LogP contribution in [-0.2, 0) is 0 Å². The molecule has 1 saturated carbocycles. The molecule has 5 nitrogen and oxygen atoms in total. The lowest BCUT2D eigenvalue weighted by Crippen LogP contribution is -2.38. The molecule has 1 aromatic rings. The van der Waals surface area contributed by atoms with Gasteiger partial charge in [0, 0.05) is 18.8 Å². The lowest BCUT2D eigenvalue weighted by atomic mass is 10.2. The van der Waals surface area contributed by atoms with Crippen LogP contribution in [0.15, 0.2) is 24.3 Å². The van der Waals surface area contributed by atoms with Crippen molar-refractivity contribution in [3.8, 4) is 0 Å². The van der Waals surface area contributed by atoms with Gasteiger partial charge in [-0.2, -0.15) is 0 Å². The molecule has 0 heterocycles. The number of urea groups is 1. The standard InChI is InChI=1S/C14H18N2O3/c1-16(12-4-2-3-5-12)14(19)15-11-8-6-10(7-9-11)13(17)18/h6-9,12H,2-5H2,1H3,(H,15,19)(H,17,18). The number of anilines is 1. The lowest BCUT2D eigenvalue weighted by Gasteiger charge is -2.24. The fourth-order valence-electron chi connectivity index (χ4n) is 2.37. The number of hydrogen-bond acceptors (Lipinski definition) is 2. The normalized spacial score (nSPS) is 15.2. The van der Waals surface area contributed by atoms with Gasteiger partial charge in [-0.15, -0.1) is 0 Å². The summed E-state index contributed by atoms with van der Waals surface area (Å²) in [6.07, 6.45) is 4.47. The van der Waals surface area contributed by atoms with E-state index in [1.807, 2.05) is 0 Å². The SMILES string of the molecule is CN(C(=O)Nc1ccc(C(=O)O)cc1)C1CCCC1. The summed E-state index contributed by atoms with van der Waals surface area (Å²) in [5.41, 5.74) is 0.821. The summed E-state index contributed by atoms with van der Waals surface area (Å²) < 4.78 is 0. The molecule has 0 bridgehead atoms. The van der Waals surface area contributed by atoms with Gasteiger partial charge in [0.15, 0.2) is 0 Å². The molecule has 2 N–H and O–H groups in total. The van der Waals surface area contributed by atoms with Crippen molar-refractivity contribution < 1.29 is 14.7 Å². The molecule has 1 fully saturated rings. The number of aromatic carboxylic acids is 1. The Hall–Kier alpha value is -2.04. The molecule has 2 rings (SSSR count). The number of rotatable bonds is 3. The minimum atomic E-state index is -0.971. The highest BCUT2D eigenvalue weighted by Gasteiger charge is 2.23. The van der Waals surface area contributed by atoms with E-state index in [1.54, 1.807) is 24.1 Å². The third kappa shape index (κ3) is 3.24. The number of hydrogen-bond donors (Lipinski definition) is 2. The molecule has 1 aliphatic rings. The lowest BCUT2D eigenvalue weighted by molar-refractivity contribution is 0.0697. The van der Waals surface area contributed by atoms with Gasteiger partial charge in [-0.3, -0.25) is 0 Å². The topological polar surface area (TPSA) is 69.6 Å². The quantitative estimate of drug-likeness (QED) is 0.880. The van der Waals surface area contributed by atoms with E-state index < -0.39 is 5.97 Å². The molecule has 1 aliphatic carbocycles. The van der Waals surface area contributed by atoms with Crippen molar-refractivity contribution in [1.29, 1.82) is 0 Å². The minimum Gasteiger partial charge on any atom is -0.478 e. The minimum absolute atomic E-state index is 0.144. The highest BCUT2D eigenvalue weighted by molar-refractivity contribution is 5.91. The number of amides is 2. The monoisotopic (exact) mass is 262 g/mol. The summed E-state index contributed by atoms with van der Waals surface area (Å²) >= 11 is 0. The first-order chi connectivity index (χ1) is 9.08. The molecular formula is C14H18N2O3. The van der Waals surface area contributed by atoms with Crippen molar-refractivity contribution in [3.05, 3.63) is 29.8 Å². The van der Waals surface area contributed by atoms with E-state index in [-0.39, 0.29) is 11.6 Å². The first-order valence-electron chi connectivity index (χ1n) is 6.45. The molecule has 5 heteroatoms. The van der Waals surface area contributed by atoms with Crippen LogP contribution in [0.2, 0.25) is 0 Å². The highest BCUT2D eigenvalue weighted by atomic mass is 16.4. The van der Waals surface area contributed by atoms with Crippen molar-refractivity contribution in [2.24, 2.45) is 0 Å². The van der Waals surface area contributed by atoms with Crippen LogP contribution in [0.1, 0.15) is 36.0 Å². The molecule has 0 unspecified atom stereocenters. The second kappa shape index (κ2) is 5.73. The summed E-state index contributed by atoms with van der Waals surface area (Å²) in [6.45, 7) is 0. The van der Waals surface area contributed by atoms with Gasteiger partial charge >= 0.3 is 12.0 Å². The summed E-state index contributed by atoms with van der Waals surface area (Å²) in [5.74, 6) is -0.971. The summed E-state index contributed by atoms with van der Waals surface area (Å²) in [7, 11) is 1.80. The maximum atomic E-state index is 12.0. The Morgan fingerprint density at radius 3 is 2.32 bits per heavy atom. The zero-order valence-electron chi connectivity index (χ0n) is 10.9. The van der Waals surface area contributed by atoms with Crippen molar-refractivity contribution in [3.63, 3.8) is 0 Å². The van der Waals surface area contributed by atoms with E-state index in [0.717, 1.165) is 12.8 Å². The zero-order valence-corrected chi connectivity index (χ0v) is 10.9. The summed E-state index contributed by atoms with van der Waals surface area (Å²) in [5, 5.41) is 11.6. The van der Waals surface area contributed by atoms with Crippen molar-refractivity contribution in [2.75, 3.05) is 12.4 Å². The second-order valence-electron chi connectivity index (χ2n) is 4.86. The second-order valence-corrected chi connectivity index (χ2v) is 4.86. The molecule has 0 atom stereocenters. The molecule has 1 aromatic carbocycles. The zero-order chi connectivity index (χ0) is 13.8. The van der Waals surface area contributed by atoms with Gasteiger partial charge in [0.1, 0.15) is 0 Å². The van der Waals surface area contributed by atoms with Crippen LogP contribution in [0, 0.1) is 0 Å².